The molecule has 2 aromatic heterocycles. The third kappa shape index (κ3) is 2.16. The Morgan fingerprint density at radius 1 is 1.25 bits per heavy atom. The monoisotopic (exact) mass is 271 g/mol. The van der Waals surface area contributed by atoms with Gasteiger partial charge in [-0.1, -0.05) is 6.07 Å². The van der Waals surface area contributed by atoms with Gasteiger partial charge in [0.05, 0.1) is 0 Å². The highest BCUT2D eigenvalue weighted by atomic mass is 15.4. The van der Waals surface area contributed by atoms with Crippen LogP contribution >= 0.6 is 0 Å². The van der Waals surface area contributed by atoms with Crippen molar-refractivity contribution >= 4 is 11.6 Å². The molecule has 20 heavy (non-hydrogen) atoms. The molecule has 0 bridgehead atoms. The van der Waals surface area contributed by atoms with Crippen molar-refractivity contribution < 1.29 is 0 Å². The van der Waals surface area contributed by atoms with Crippen LogP contribution in [0.5, 0.6) is 0 Å². The highest BCUT2D eigenvalue weighted by Gasteiger charge is 2.31. The molecule has 2 fully saturated rings. The zero-order valence-electron chi connectivity index (χ0n) is 11.9. The first kappa shape index (κ1) is 12.1. The molecule has 2 aliphatic heterocycles. The van der Waals surface area contributed by atoms with Gasteiger partial charge in [-0.05, 0) is 50.8 Å². The van der Waals surface area contributed by atoms with E-state index in [1.807, 2.05) is 16.8 Å². The van der Waals surface area contributed by atoms with E-state index in [2.05, 4.69) is 33.3 Å². The van der Waals surface area contributed by atoms with Crippen LogP contribution in [0, 0.1) is 6.92 Å². The average Bonchev–Trinajstić information content (AvgIpc) is 3.03. The van der Waals surface area contributed by atoms with Crippen molar-refractivity contribution in [1.82, 2.24) is 19.5 Å². The SMILES string of the molecule is Cc1ccc2nc(NC3CCN4CCCC4C3)nn2c1. The molecule has 2 aliphatic rings. The highest BCUT2D eigenvalue weighted by Crippen LogP contribution is 2.28. The van der Waals surface area contributed by atoms with Crippen molar-refractivity contribution in [1.29, 1.82) is 0 Å². The van der Waals surface area contributed by atoms with Gasteiger partial charge in [0, 0.05) is 24.8 Å². The predicted molar refractivity (Wildman–Crippen MR) is 79.0 cm³/mol. The second-order valence-electron chi connectivity index (χ2n) is 6.14. The van der Waals surface area contributed by atoms with Crippen molar-refractivity contribution in [2.24, 2.45) is 0 Å². The number of aryl methyl sites for hydroxylation is 1. The van der Waals surface area contributed by atoms with E-state index in [9.17, 15) is 0 Å². The van der Waals surface area contributed by atoms with Gasteiger partial charge in [-0.15, -0.1) is 5.10 Å². The number of nitrogens with zero attached hydrogens (tertiary/aromatic N) is 4. The summed E-state index contributed by atoms with van der Waals surface area (Å²) >= 11 is 0. The molecular formula is C15H21N5. The molecule has 0 radical (unpaired) electrons. The van der Waals surface area contributed by atoms with Crippen molar-refractivity contribution in [2.45, 2.75) is 44.7 Å². The fourth-order valence-electron chi connectivity index (χ4n) is 3.59. The Kier molecular flexibility index (Phi) is 2.88. The summed E-state index contributed by atoms with van der Waals surface area (Å²) in [4.78, 5) is 7.20. The minimum atomic E-state index is 0.521. The minimum Gasteiger partial charge on any atom is -0.350 e. The summed E-state index contributed by atoms with van der Waals surface area (Å²) in [5.41, 5.74) is 2.12. The number of pyridine rings is 1. The molecule has 5 heteroatoms. The third-order valence-electron chi connectivity index (χ3n) is 4.63. The van der Waals surface area contributed by atoms with Crippen LogP contribution in [0.25, 0.3) is 5.65 Å². The predicted octanol–water partition coefficient (Wildman–Crippen LogP) is 2.08. The van der Waals surface area contributed by atoms with Crippen LogP contribution in [-0.4, -0.2) is 44.7 Å². The topological polar surface area (TPSA) is 45.5 Å². The first-order valence-electron chi connectivity index (χ1n) is 7.61. The van der Waals surface area contributed by atoms with Gasteiger partial charge in [-0.25, -0.2) is 4.52 Å². The lowest BCUT2D eigenvalue weighted by Gasteiger charge is -2.34. The molecule has 4 heterocycles. The zero-order chi connectivity index (χ0) is 13.5. The molecule has 0 aliphatic carbocycles. The summed E-state index contributed by atoms with van der Waals surface area (Å²) in [5.74, 6) is 0.770. The summed E-state index contributed by atoms with van der Waals surface area (Å²) in [6, 6.07) is 5.39. The maximum atomic E-state index is 4.56. The van der Waals surface area contributed by atoms with Crippen LogP contribution in [0.15, 0.2) is 18.3 Å². The number of hydrogen-bond acceptors (Lipinski definition) is 4. The van der Waals surface area contributed by atoms with Crippen LogP contribution in [0.3, 0.4) is 0 Å². The van der Waals surface area contributed by atoms with Crippen molar-refractivity contribution in [3.63, 3.8) is 0 Å². The Labute approximate surface area is 119 Å². The molecule has 2 saturated heterocycles. The molecule has 0 saturated carbocycles. The molecule has 0 amide bonds. The number of hydrogen-bond donors (Lipinski definition) is 1. The number of rotatable bonds is 2. The van der Waals surface area contributed by atoms with Gasteiger partial charge in [-0.3, -0.25) is 0 Å². The fourth-order valence-corrected chi connectivity index (χ4v) is 3.59. The van der Waals surface area contributed by atoms with Gasteiger partial charge < -0.3 is 10.2 Å². The average molecular weight is 271 g/mol. The molecule has 5 nitrogen and oxygen atoms in total. The van der Waals surface area contributed by atoms with Crippen molar-refractivity contribution in [2.75, 3.05) is 18.4 Å². The van der Waals surface area contributed by atoms with E-state index >= 15 is 0 Å². The van der Waals surface area contributed by atoms with Gasteiger partial charge in [0.25, 0.3) is 0 Å². The second kappa shape index (κ2) is 4.74. The van der Waals surface area contributed by atoms with Gasteiger partial charge in [0.1, 0.15) is 0 Å². The molecule has 4 rings (SSSR count). The van der Waals surface area contributed by atoms with Gasteiger partial charge >= 0.3 is 0 Å². The Hall–Kier alpha value is -1.62. The molecule has 2 aromatic rings. The van der Waals surface area contributed by atoms with Crippen LogP contribution < -0.4 is 5.32 Å². The van der Waals surface area contributed by atoms with Crippen LogP contribution in [-0.2, 0) is 0 Å². The van der Waals surface area contributed by atoms with Gasteiger partial charge in [-0.2, -0.15) is 4.98 Å². The maximum Gasteiger partial charge on any atom is 0.243 e. The largest absolute Gasteiger partial charge is 0.350 e. The molecule has 0 spiro atoms. The molecule has 0 aromatic carbocycles. The van der Waals surface area contributed by atoms with Crippen LogP contribution in [0.4, 0.5) is 5.95 Å². The third-order valence-corrected chi connectivity index (χ3v) is 4.63. The van der Waals surface area contributed by atoms with Gasteiger partial charge in [0.2, 0.25) is 5.95 Å². The summed E-state index contributed by atoms with van der Waals surface area (Å²) in [6.45, 7) is 4.59. The summed E-state index contributed by atoms with van der Waals surface area (Å²) < 4.78 is 1.86. The van der Waals surface area contributed by atoms with Crippen molar-refractivity contribution in [3.05, 3.63) is 23.9 Å². The normalized spacial score (nSPS) is 26.9. The Morgan fingerprint density at radius 3 is 3.15 bits per heavy atom. The molecule has 1 N–H and O–H groups in total. The highest BCUT2D eigenvalue weighted by molar-refractivity contribution is 5.44. The maximum absolute atomic E-state index is 4.56. The first-order valence-corrected chi connectivity index (χ1v) is 7.61. The Balaban J connectivity index is 1.49. The standard InChI is InChI=1S/C15H21N5/c1-11-4-5-14-17-15(18-20(14)10-11)16-12-6-8-19-7-2-3-13(19)9-12/h4-5,10,12-13H,2-3,6-9H2,1H3,(H,16,18). The van der Waals surface area contributed by atoms with Crippen molar-refractivity contribution in [3.8, 4) is 0 Å². The molecule has 2 unspecified atom stereocenters. The lowest BCUT2D eigenvalue weighted by atomic mass is 9.98. The zero-order valence-corrected chi connectivity index (χ0v) is 11.9. The number of aromatic nitrogens is 3. The van der Waals surface area contributed by atoms with E-state index < -0.39 is 0 Å². The quantitative estimate of drug-likeness (QED) is 0.908. The van der Waals surface area contributed by atoms with E-state index in [1.54, 1.807) is 0 Å². The number of fused-ring (bicyclic) bond motifs is 2. The van der Waals surface area contributed by atoms with E-state index in [-0.39, 0.29) is 0 Å². The van der Waals surface area contributed by atoms with E-state index in [1.165, 1.54) is 44.3 Å². The first-order chi connectivity index (χ1) is 9.78. The van der Waals surface area contributed by atoms with Crippen LogP contribution in [0.2, 0.25) is 0 Å². The van der Waals surface area contributed by atoms with E-state index in [0.29, 0.717) is 6.04 Å². The molecular weight excluding hydrogens is 250 g/mol. The summed E-state index contributed by atoms with van der Waals surface area (Å²) in [5, 5.41) is 8.07. The summed E-state index contributed by atoms with van der Waals surface area (Å²) in [7, 11) is 0. The molecule has 106 valence electrons. The number of nitrogens with one attached hydrogen (secondary N) is 1. The fraction of sp³-hybridized carbons (Fsp3) is 0.600. The van der Waals surface area contributed by atoms with E-state index in [0.717, 1.165) is 17.6 Å². The number of piperidine rings is 1. The van der Waals surface area contributed by atoms with E-state index in [4.69, 9.17) is 0 Å². The lowest BCUT2D eigenvalue weighted by molar-refractivity contribution is 0.188. The smallest absolute Gasteiger partial charge is 0.243 e. The second-order valence-corrected chi connectivity index (χ2v) is 6.14. The minimum absolute atomic E-state index is 0.521. The summed E-state index contributed by atoms with van der Waals surface area (Å²) in [6.07, 6.45) is 7.17. The van der Waals surface area contributed by atoms with Gasteiger partial charge in [0.15, 0.2) is 5.65 Å². The van der Waals surface area contributed by atoms with Crippen LogP contribution in [0.1, 0.15) is 31.2 Å². The Morgan fingerprint density at radius 2 is 2.20 bits per heavy atom. The molecule has 2 atom stereocenters. The Bertz CT molecular complexity index is 620. The lowest BCUT2D eigenvalue weighted by Crippen LogP contribution is -2.42. The number of anilines is 1.